The third-order valence-electron chi connectivity index (χ3n) is 2.14. The molecule has 0 atom stereocenters. The summed E-state index contributed by atoms with van der Waals surface area (Å²) in [5, 5.41) is 6.15. The molecule has 0 aliphatic heterocycles. The fourth-order valence-corrected chi connectivity index (χ4v) is 3.08. The first-order valence-electron chi connectivity index (χ1n) is 4.73. The summed E-state index contributed by atoms with van der Waals surface area (Å²) in [7, 11) is -3.66. The largest absolute Gasteiger partial charge is 0.366 e. The number of nitrogens with one attached hydrogen (secondary N) is 1. The average molecular weight is 344 g/mol. The maximum absolute atomic E-state index is 12.0. The van der Waals surface area contributed by atoms with E-state index >= 15 is 0 Å². The van der Waals surface area contributed by atoms with E-state index in [1.807, 2.05) is 0 Å². The van der Waals surface area contributed by atoms with Gasteiger partial charge in [0.05, 0.1) is 5.75 Å². The molecular formula is C9H9Cl3N4O2S. The Hall–Kier alpha value is -1.02. The topological polar surface area (TPSA) is 102 Å². The summed E-state index contributed by atoms with van der Waals surface area (Å²) in [6, 6.07) is 4.58. The van der Waals surface area contributed by atoms with Gasteiger partial charge in [-0.05, 0) is 17.7 Å². The average Bonchev–Trinajstić information content (AvgIpc) is 2.70. The third-order valence-corrected chi connectivity index (χ3v) is 4.19. The van der Waals surface area contributed by atoms with Crippen LogP contribution < -0.4 is 5.73 Å². The van der Waals surface area contributed by atoms with Crippen molar-refractivity contribution in [1.82, 2.24) is 15.2 Å². The zero-order valence-electron chi connectivity index (χ0n) is 9.30. The van der Waals surface area contributed by atoms with Gasteiger partial charge in [0.2, 0.25) is 20.9 Å². The van der Waals surface area contributed by atoms with Crippen molar-refractivity contribution in [3.63, 3.8) is 0 Å². The normalized spacial score (nSPS) is 11.1. The first kappa shape index (κ1) is 16.0. The summed E-state index contributed by atoms with van der Waals surface area (Å²) in [5.41, 5.74) is 5.68. The van der Waals surface area contributed by atoms with Gasteiger partial charge in [-0.25, -0.2) is 13.5 Å². The van der Waals surface area contributed by atoms with Crippen LogP contribution in [0, 0.1) is 0 Å². The lowest BCUT2D eigenvalue weighted by Crippen LogP contribution is -2.07. The molecule has 1 aromatic carbocycles. The molecule has 6 nitrogen and oxygen atoms in total. The van der Waals surface area contributed by atoms with Crippen LogP contribution in [-0.4, -0.2) is 23.6 Å². The van der Waals surface area contributed by atoms with Gasteiger partial charge in [0.25, 0.3) is 0 Å². The number of halogens is 3. The van der Waals surface area contributed by atoms with Gasteiger partial charge in [-0.1, -0.05) is 29.3 Å². The molecule has 0 spiro atoms. The monoisotopic (exact) mass is 342 g/mol. The molecule has 1 heterocycles. The fourth-order valence-electron chi connectivity index (χ4n) is 1.31. The van der Waals surface area contributed by atoms with Gasteiger partial charge < -0.3 is 5.73 Å². The first-order valence-corrected chi connectivity index (χ1v) is 7.14. The summed E-state index contributed by atoms with van der Waals surface area (Å²) >= 11 is 11.6. The molecule has 2 rings (SSSR count). The van der Waals surface area contributed by atoms with Gasteiger partial charge in [0.1, 0.15) is 0 Å². The minimum absolute atomic E-state index is 0. The highest BCUT2D eigenvalue weighted by Gasteiger charge is 2.21. The summed E-state index contributed by atoms with van der Waals surface area (Å²) in [6.07, 6.45) is 0. The van der Waals surface area contributed by atoms with Gasteiger partial charge in [-0.2, -0.15) is 4.98 Å². The molecule has 0 saturated carbocycles. The second kappa shape index (κ2) is 5.96. The van der Waals surface area contributed by atoms with Gasteiger partial charge in [-0.15, -0.1) is 17.5 Å². The van der Waals surface area contributed by atoms with Crippen molar-refractivity contribution < 1.29 is 8.42 Å². The summed E-state index contributed by atoms with van der Waals surface area (Å²) in [6.45, 7) is 0. The lowest BCUT2D eigenvalue weighted by atomic mass is 10.2. The Labute approximate surface area is 125 Å². The van der Waals surface area contributed by atoms with E-state index in [1.54, 1.807) is 12.1 Å². The first-order chi connectivity index (χ1) is 8.38. The molecular weight excluding hydrogens is 335 g/mol. The number of nitrogens with zero attached hydrogens (tertiary/aromatic N) is 2. The van der Waals surface area contributed by atoms with Crippen LogP contribution >= 0.6 is 35.6 Å². The Balaban J connectivity index is 0.00000180. The lowest BCUT2D eigenvalue weighted by Gasteiger charge is -2.04. The van der Waals surface area contributed by atoms with Crippen molar-refractivity contribution in [1.29, 1.82) is 0 Å². The van der Waals surface area contributed by atoms with Crippen LogP contribution in [0.15, 0.2) is 23.4 Å². The molecule has 3 N–H and O–H groups in total. The molecule has 19 heavy (non-hydrogen) atoms. The molecule has 10 heteroatoms. The van der Waals surface area contributed by atoms with Crippen molar-refractivity contribution in [3.05, 3.63) is 33.8 Å². The van der Waals surface area contributed by atoms with Crippen LogP contribution in [-0.2, 0) is 15.6 Å². The predicted molar refractivity (Wildman–Crippen MR) is 75.4 cm³/mol. The molecule has 0 bridgehead atoms. The van der Waals surface area contributed by atoms with E-state index < -0.39 is 9.84 Å². The molecule has 104 valence electrons. The van der Waals surface area contributed by atoms with Gasteiger partial charge in [-0.3, -0.25) is 0 Å². The van der Waals surface area contributed by atoms with Gasteiger partial charge in [0, 0.05) is 10.0 Å². The minimum Gasteiger partial charge on any atom is -0.366 e. The van der Waals surface area contributed by atoms with E-state index in [9.17, 15) is 8.42 Å². The molecule has 0 aliphatic rings. The zero-order chi connectivity index (χ0) is 13.3. The third kappa shape index (κ3) is 3.73. The fraction of sp³-hybridized carbons (Fsp3) is 0.111. The molecule has 0 saturated heterocycles. The van der Waals surface area contributed by atoms with Crippen LogP contribution in [0.5, 0.6) is 0 Å². The quantitative estimate of drug-likeness (QED) is 0.888. The molecule has 2 aromatic rings. The van der Waals surface area contributed by atoms with E-state index in [0.29, 0.717) is 10.6 Å². The van der Waals surface area contributed by atoms with Crippen LogP contribution in [0.1, 0.15) is 5.56 Å². The number of H-pyrrole nitrogens is 1. The van der Waals surface area contributed by atoms with Gasteiger partial charge in [0.15, 0.2) is 0 Å². The maximum atomic E-state index is 12.0. The Bertz CT molecular complexity index is 687. The molecule has 0 amide bonds. The van der Waals surface area contributed by atoms with Crippen molar-refractivity contribution in [2.75, 3.05) is 5.73 Å². The van der Waals surface area contributed by atoms with E-state index in [2.05, 4.69) is 15.2 Å². The number of aromatic amines is 1. The highest BCUT2D eigenvalue weighted by molar-refractivity contribution is 7.90. The highest BCUT2D eigenvalue weighted by atomic mass is 35.5. The molecule has 0 fully saturated rings. The highest BCUT2D eigenvalue weighted by Crippen LogP contribution is 2.24. The van der Waals surface area contributed by atoms with Crippen molar-refractivity contribution in [2.24, 2.45) is 0 Å². The number of benzene rings is 1. The van der Waals surface area contributed by atoms with Crippen LogP contribution in [0.2, 0.25) is 10.0 Å². The SMILES string of the molecule is Cl.Nc1n[nH]c(S(=O)(=O)Cc2ccc(Cl)cc2Cl)n1. The Morgan fingerprint density at radius 1 is 1.32 bits per heavy atom. The number of rotatable bonds is 3. The smallest absolute Gasteiger partial charge is 0.245 e. The van der Waals surface area contributed by atoms with E-state index in [0.717, 1.165) is 0 Å². The zero-order valence-corrected chi connectivity index (χ0v) is 12.4. The Morgan fingerprint density at radius 3 is 2.53 bits per heavy atom. The minimum atomic E-state index is -3.66. The molecule has 0 radical (unpaired) electrons. The number of aromatic nitrogens is 3. The predicted octanol–water partition coefficient (Wildman–Crippen LogP) is 2.09. The number of nitrogens with two attached hydrogens (primary N) is 1. The van der Waals surface area contributed by atoms with Crippen LogP contribution in [0.3, 0.4) is 0 Å². The molecule has 0 aliphatic carbocycles. The Kier molecular flexibility index (Phi) is 5.03. The van der Waals surface area contributed by atoms with E-state index in [-0.39, 0.29) is 34.3 Å². The second-order valence-electron chi connectivity index (χ2n) is 3.49. The van der Waals surface area contributed by atoms with E-state index in [1.165, 1.54) is 6.07 Å². The van der Waals surface area contributed by atoms with Crippen LogP contribution in [0.4, 0.5) is 5.95 Å². The molecule has 0 unspecified atom stereocenters. The number of nitrogen functional groups attached to an aromatic ring is 1. The van der Waals surface area contributed by atoms with E-state index in [4.69, 9.17) is 28.9 Å². The second-order valence-corrected chi connectivity index (χ2v) is 6.24. The molecule has 1 aromatic heterocycles. The van der Waals surface area contributed by atoms with Gasteiger partial charge >= 0.3 is 0 Å². The number of anilines is 1. The lowest BCUT2D eigenvalue weighted by molar-refractivity contribution is 0.587. The summed E-state index contributed by atoms with van der Waals surface area (Å²) in [5.74, 6) is -0.437. The van der Waals surface area contributed by atoms with Crippen LogP contribution in [0.25, 0.3) is 0 Å². The summed E-state index contributed by atoms with van der Waals surface area (Å²) in [4.78, 5) is 3.58. The summed E-state index contributed by atoms with van der Waals surface area (Å²) < 4.78 is 23.9. The van der Waals surface area contributed by atoms with Crippen molar-refractivity contribution in [2.45, 2.75) is 10.9 Å². The number of hydrogen-bond acceptors (Lipinski definition) is 5. The number of hydrogen-bond donors (Lipinski definition) is 2. The number of sulfone groups is 1. The maximum Gasteiger partial charge on any atom is 0.245 e. The van der Waals surface area contributed by atoms with Crippen molar-refractivity contribution in [3.8, 4) is 0 Å². The van der Waals surface area contributed by atoms with Crippen molar-refractivity contribution >= 4 is 51.4 Å². The Morgan fingerprint density at radius 2 is 2.00 bits per heavy atom. The standard InChI is InChI=1S/C9H8Cl2N4O2S.ClH/c10-6-2-1-5(7(11)3-6)4-18(16,17)9-13-8(12)14-15-9;/h1-3H,4H2,(H3,12,13,14,15);1H.